The third-order valence-corrected chi connectivity index (χ3v) is 4.55. The van der Waals surface area contributed by atoms with E-state index in [1.807, 2.05) is 0 Å². The van der Waals surface area contributed by atoms with Gasteiger partial charge in [0.2, 0.25) is 11.7 Å². The molecule has 172 valence electrons. The van der Waals surface area contributed by atoms with E-state index in [1.54, 1.807) is 37.3 Å². The molecule has 2 amide bonds. The number of nitrogens with zero attached hydrogens (tertiary/aromatic N) is 2. The summed E-state index contributed by atoms with van der Waals surface area (Å²) in [6.07, 6.45) is 1.48. The minimum absolute atomic E-state index is 0.122. The molecule has 34 heavy (non-hydrogen) atoms. The van der Waals surface area contributed by atoms with E-state index >= 15 is 0 Å². The van der Waals surface area contributed by atoms with Gasteiger partial charge in [-0.25, -0.2) is 10.2 Å². The highest BCUT2D eigenvalue weighted by molar-refractivity contribution is 5.97. The number of rotatable bonds is 8. The van der Waals surface area contributed by atoms with E-state index in [4.69, 9.17) is 4.74 Å². The molecular weight excluding hydrogens is 440 g/mol. The SMILES string of the molecule is CCC(=O)Nc1ccc(C(=O)N/N=C/c2cccc([N+](=O)[O-])c2OC(=O)c2ccccc2)cc1. The standard InChI is InChI=1S/C24H20N4O6/c1-2-21(29)26-19-13-11-16(12-14-19)23(30)27-25-15-18-9-6-10-20(28(32)33)22(18)34-24(31)17-7-4-3-5-8-17/h3-15H,2H2,1H3,(H,26,29)(H,27,30)/b25-15+. The summed E-state index contributed by atoms with van der Waals surface area (Å²) in [5.41, 5.74) is 3.05. The van der Waals surface area contributed by atoms with Crippen LogP contribution in [0.25, 0.3) is 0 Å². The maximum Gasteiger partial charge on any atom is 0.343 e. The Balaban J connectivity index is 1.75. The molecule has 0 aliphatic rings. The monoisotopic (exact) mass is 460 g/mol. The van der Waals surface area contributed by atoms with Gasteiger partial charge in [0.05, 0.1) is 16.7 Å². The summed E-state index contributed by atoms with van der Waals surface area (Å²) >= 11 is 0. The van der Waals surface area contributed by atoms with Crippen LogP contribution in [-0.4, -0.2) is 28.9 Å². The average Bonchev–Trinajstić information content (AvgIpc) is 2.85. The number of ether oxygens (including phenoxy) is 1. The Morgan fingerprint density at radius 1 is 0.971 bits per heavy atom. The molecule has 0 fully saturated rings. The molecule has 0 saturated carbocycles. The Morgan fingerprint density at radius 2 is 1.68 bits per heavy atom. The fraction of sp³-hybridized carbons (Fsp3) is 0.0833. The number of amides is 2. The highest BCUT2D eigenvalue weighted by Gasteiger charge is 2.22. The number of para-hydroxylation sites is 1. The minimum atomic E-state index is -0.774. The van der Waals surface area contributed by atoms with E-state index in [2.05, 4.69) is 15.8 Å². The van der Waals surface area contributed by atoms with Gasteiger partial charge in [0.15, 0.2) is 0 Å². The molecule has 0 spiro atoms. The van der Waals surface area contributed by atoms with Gasteiger partial charge in [-0.1, -0.05) is 31.2 Å². The lowest BCUT2D eigenvalue weighted by Crippen LogP contribution is -2.18. The topological polar surface area (TPSA) is 140 Å². The number of hydrogen-bond donors (Lipinski definition) is 2. The number of hydrazone groups is 1. The van der Waals surface area contributed by atoms with Crippen molar-refractivity contribution in [1.82, 2.24) is 5.43 Å². The highest BCUT2D eigenvalue weighted by atomic mass is 16.6. The van der Waals surface area contributed by atoms with Crippen molar-refractivity contribution >= 4 is 35.4 Å². The zero-order valence-corrected chi connectivity index (χ0v) is 18.1. The van der Waals surface area contributed by atoms with Gasteiger partial charge < -0.3 is 10.1 Å². The van der Waals surface area contributed by atoms with Gasteiger partial charge in [0.25, 0.3) is 5.91 Å². The van der Waals surface area contributed by atoms with Gasteiger partial charge >= 0.3 is 11.7 Å². The van der Waals surface area contributed by atoms with Crippen molar-refractivity contribution in [2.24, 2.45) is 5.10 Å². The maximum absolute atomic E-state index is 12.4. The first kappa shape index (κ1) is 23.8. The fourth-order valence-corrected chi connectivity index (χ4v) is 2.80. The van der Waals surface area contributed by atoms with Crippen LogP contribution in [0.3, 0.4) is 0 Å². The van der Waals surface area contributed by atoms with Crippen LogP contribution in [0.2, 0.25) is 0 Å². The minimum Gasteiger partial charge on any atom is -0.415 e. The lowest BCUT2D eigenvalue weighted by atomic mass is 10.2. The molecule has 0 saturated heterocycles. The summed E-state index contributed by atoms with van der Waals surface area (Å²) in [5.74, 6) is -1.76. The molecule has 0 aromatic heterocycles. The molecule has 3 rings (SSSR count). The Hall–Kier alpha value is -4.86. The summed E-state index contributed by atoms with van der Waals surface area (Å²) in [6.45, 7) is 1.73. The Morgan fingerprint density at radius 3 is 2.32 bits per heavy atom. The van der Waals surface area contributed by atoms with Crippen LogP contribution in [0.4, 0.5) is 11.4 Å². The molecule has 0 heterocycles. The third-order valence-electron chi connectivity index (χ3n) is 4.55. The van der Waals surface area contributed by atoms with Crippen molar-refractivity contribution in [2.45, 2.75) is 13.3 Å². The van der Waals surface area contributed by atoms with Crippen LogP contribution >= 0.6 is 0 Å². The van der Waals surface area contributed by atoms with E-state index in [0.29, 0.717) is 12.1 Å². The molecule has 3 aromatic carbocycles. The molecule has 3 aromatic rings. The van der Waals surface area contributed by atoms with Crippen molar-refractivity contribution < 1.29 is 24.0 Å². The molecule has 2 N–H and O–H groups in total. The van der Waals surface area contributed by atoms with Crippen LogP contribution in [0.5, 0.6) is 5.75 Å². The number of benzene rings is 3. The van der Waals surface area contributed by atoms with Crippen molar-refractivity contribution in [3.05, 3.63) is 99.6 Å². The quantitative estimate of drug-likeness (QED) is 0.172. The Kier molecular flexibility index (Phi) is 7.79. The summed E-state index contributed by atoms with van der Waals surface area (Å²) < 4.78 is 5.30. The third kappa shape index (κ3) is 6.10. The van der Waals surface area contributed by atoms with Crippen molar-refractivity contribution in [2.75, 3.05) is 5.32 Å². The number of hydrogen-bond acceptors (Lipinski definition) is 7. The van der Waals surface area contributed by atoms with Crippen LogP contribution in [-0.2, 0) is 4.79 Å². The zero-order chi connectivity index (χ0) is 24.5. The van der Waals surface area contributed by atoms with Gasteiger partial charge in [0, 0.05) is 29.3 Å². The Labute approximate surface area is 194 Å². The number of nitrogens with one attached hydrogen (secondary N) is 2. The molecular formula is C24H20N4O6. The molecule has 0 bridgehead atoms. The summed E-state index contributed by atoms with van der Waals surface area (Å²) in [7, 11) is 0. The maximum atomic E-state index is 12.4. The number of nitro benzene ring substituents is 1. The molecule has 0 aliphatic heterocycles. The summed E-state index contributed by atoms with van der Waals surface area (Å²) in [6, 6.07) is 18.3. The molecule has 0 radical (unpaired) electrons. The predicted octanol–water partition coefficient (Wildman–Crippen LogP) is 3.93. The summed E-state index contributed by atoms with van der Waals surface area (Å²) in [4.78, 5) is 47.0. The molecule has 0 atom stereocenters. The second kappa shape index (κ2) is 11.1. The first-order valence-corrected chi connectivity index (χ1v) is 10.2. The zero-order valence-electron chi connectivity index (χ0n) is 18.1. The number of esters is 1. The van der Waals surface area contributed by atoms with Gasteiger partial charge in [-0.05, 0) is 42.5 Å². The normalized spacial score (nSPS) is 10.5. The van der Waals surface area contributed by atoms with Crippen LogP contribution in [0.1, 0.15) is 39.6 Å². The van der Waals surface area contributed by atoms with E-state index in [-0.39, 0.29) is 28.3 Å². The molecule has 10 nitrogen and oxygen atoms in total. The lowest BCUT2D eigenvalue weighted by molar-refractivity contribution is -0.385. The lowest BCUT2D eigenvalue weighted by Gasteiger charge is -2.08. The number of carbonyl (C=O) groups excluding carboxylic acids is 3. The van der Waals surface area contributed by atoms with E-state index in [0.717, 1.165) is 6.21 Å². The Bertz CT molecular complexity index is 1240. The predicted molar refractivity (Wildman–Crippen MR) is 125 cm³/mol. The van der Waals surface area contributed by atoms with E-state index in [1.165, 1.54) is 42.5 Å². The van der Waals surface area contributed by atoms with Crippen molar-refractivity contribution in [3.63, 3.8) is 0 Å². The molecule has 0 unspecified atom stereocenters. The largest absolute Gasteiger partial charge is 0.415 e. The number of carbonyl (C=O) groups is 3. The van der Waals surface area contributed by atoms with Gasteiger partial charge in [-0.3, -0.25) is 19.7 Å². The van der Waals surface area contributed by atoms with Gasteiger partial charge in [-0.2, -0.15) is 5.10 Å². The van der Waals surface area contributed by atoms with Crippen LogP contribution < -0.4 is 15.5 Å². The molecule has 10 heteroatoms. The highest BCUT2D eigenvalue weighted by Crippen LogP contribution is 2.30. The fourth-order valence-electron chi connectivity index (χ4n) is 2.80. The average molecular weight is 460 g/mol. The van der Waals surface area contributed by atoms with E-state index < -0.39 is 22.5 Å². The van der Waals surface area contributed by atoms with Crippen LogP contribution in [0, 0.1) is 10.1 Å². The van der Waals surface area contributed by atoms with Gasteiger partial charge in [0.1, 0.15) is 0 Å². The summed E-state index contributed by atoms with van der Waals surface area (Å²) in [5, 5.41) is 18.0. The first-order valence-electron chi connectivity index (χ1n) is 10.2. The van der Waals surface area contributed by atoms with Crippen molar-refractivity contribution in [1.29, 1.82) is 0 Å². The van der Waals surface area contributed by atoms with E-state index in [9.17, 15) is 24.5 Å². The molecule has 0 aliphatic carbocycles. The smallest absolute Gasteiger partial charge is 0.343 e. The second-order valence-electron chi connectivity index (χ2n) is 6.89. The first-order chi connectivity index (χ1) is 16.4. The number of nitro groups is 1. The number of anilines is 1. The second-order valence-corrected chi connectivity index (χ2v) is 6.89. The van der Waals surface area contributed by atoms with Crippen molar-refractivity contribution in [3.8, 4) is 5.75 Å². The van der Waals surface area contributed by atoms with Gasteiger partial charge in [-0.15, -0.1) is 0 Å². The van der Waals surface area contributed by atoms with Crippen LogP contribution in [0.15, 0.2) is 77.9 Å².